The summed E-state index contributed by atoms with van der Waals surface area (Å²) in [6.07, 6.45) is 1.73. The van der Waals surface area contributed by atoms with E-state index >= 15 is 0 Å². The van der Waals surface area contributed by atoms with Crippen molar-refractivity contribution in [3.05, 3.63) is 60.6 Å². The van der Waals surface area contributed by atoms with Gasteiger partial charge in [-0.05, 0) is 31.2 Å². The Hall–Kier alpha value is -3.88. The van der Waals surface area contributed by atoms with Crippen molar-refractivity contribution in [2.24, 2.45) is 0 Å². The molecule has 166 valence electrons. The summed E-state index contributed by atoms with van der Waals surface area (Å²) >= 11 is 0. The maximum Gasteiger partial charge on any atom is 0.260 e. The Morgan fingerprint density at radius 3 is 2.47 bits per heavy atom. The molecule has 1 amide bonds. The number of benzene rings is 1. The molecule has 0 aliphatic carbocycles. The largest absolute Gasteiger partial charge is 0.493 e. The van der Waals surface area contributed by atoms with Crippen LogP contribution in [0.25, 0.3) is 0 Å². The first kappa shape index (κ1) is 21.4. The lowest BCUT2D eigenvalue weighted by atomic mass is 10.3. The van der Waals surface area contributed by atoms with Crippen LogP contribution in [0.3, 0.4) is 0 Å². The molecule has 1 fully saturated rings. The van der Waals surface area contributed by atoms with E-state index in [-0.39, 0.29) is 12.5 Å². The summed E-state index contributed by atoms with van der Waals surface area (Å²) in [5.41, 5.74) is 0. The lowest BCUT2D eigenvalue weighted by Gasteiger charge is -2.35. The van der Waals surface area contributed by atoms with Crippen LogP contribution in [-0.4, -0.2) is 65.7 Å². The third-order valence-electron chi connectivity index (χ3n) is 5.12. The van der Waals surface area contributed by atoms with Gasteiger partial charge >= 0.3 is 0 Å². The lowest BCUT2D eigenvalue weighted by molar-refractivity contribution is -0.133. The molecule has 32 heavy (non-hydrogen) atoms. The molecular formula is C23H26N6O3. The van der Waals surface area contributed by atoms with Crippen LogP contribution in [0.1, 0.15) is 5.82 Å². The van der Waals surface area contributed by atoms with Crippen molar-refractivity contribution < 1.29 is 14.3 Å². The molecule has 1 saturated heterocycles. The van der Waals surface area contributed by atoms with Crippen molar-refractivity contribution in [3.63, 3.8) is 0 Å². The maximum atomic E-state index is 12.6. The number of hydrogen-bond donors (Lipinski definition) is 1. The summed E-state index contributed by atoms with van der Waals surface area (Å²) in [6.45, 7) is 4.40. The first-order valence-corrected chi connectivity index (χ1v) is 10.4. The summed E-state index contributed by atoms with van der Waals surface area (Å²) in [5.74, 6) is 4.03. The molecule has 9 heteroatoms. The number of carbonyl (C=O) groups excluding carboxylic acids is 1. The van der Waals surface area contributed by atoms with Gasteiger partial charge in [-0.2, -0.15) is 0 Å². The van der Waals surface area contributed by atoms with Gasteiger partial charge in [-0.1, -0.05) is 18.2 Å². The van der Waals surface area contributed by atoms with Gasteiger partial charge in [0.2, 0.25) is 0 Å². The summed E-state index contributed by atoms with van der Waals surface area (Å²) in [6, 6.07) is 14.9. The standard InChI is InChI=1S/C23H26N6O3/c1-17-25-21(27-20-9-5-6-10-24-20)15-22(26-17)28-11-13-29(14-12-28)23(30)16-32-19-8-4-3-7-18(19)31-2/h3-10,15H,11-14,16H2,1-2H3,(H,24,25,26,27). The molecule has 2 aromatic heterocycles. The molecule has 0 radical (unpaired) electrons. The van der Waals surface area contributed by atoms with Crippen molar-refractivity contribution in [1.82, 2.24) is 19.9 Å². The molecule has 3 heterocycles. The average Bonchev–Trinajstić information content (AvgIpc) is 2.83. The number of anilines is 3. The Morgan fingerprint density at radius 2 is 1.75 bits per heavy atom. The predicted octanol–water partition coefficient (Wildman–Crippen LogP) is 2.66. The number of hydrogen-bond acceptors (Lipinski definition) is 8. The van der Waals surface area contributed by atoms with Crippen LogP contribution in [0, 0.1) is 6.92 Å². The number of methoxy groups -OCH3 is 1. The first-order chi connectivity index (χ1) is 15.6. The van der Waals surface area contributed by atoms with Crippen molar-refractivity contribution in [3.8, 4) is 11.5 Å². The average molecular weight is 435 g/mol. The highest BCUT2D eigenvalue weighted by Gasteiger charge is 2.23. The minimum Gasteiger partial charge on any atom is -0.493 e. The number of nitrogens with one attached hydrogen (secondary N) is 1. The fourth-order valence-electron chi connectivity index (χ4n) is 3.50. The van der Waals surface area contributed by atoms with E-state index in [1.807, 2.05) is 48.2 Å². The SMILES string of the molecule is COc1ccccc1OCC(=O)N1CCN(c2cc(Nc3ccccn3)nc(C)n2)CC1. The predicted molar refractivity (Wildman–Crippen MR) is 122 cm³/mol. The second-order valence-corrected chi connectivity index (χ2v) is 7.31. The zero-order valence-corrected chi connectivity index (χ0v) is 18.2. The van der Waals surface area contributed by atoms with Gasteiger partial charge in [0.25, 0.3) is 5.91 Å². The molecule has 1 N–H and O–H groups in total. The summed E-state index contributed by atoms with van der Waals surface area (Å²) < 4.78 is 10.9. The van der Waals surface area contributed by atoms with Crippen molar-refractivity contribution in [2.75, 3.05) is 50.1 Å². The van der Waals surface area contributed by atoms with E-state index in [1.54, 1.807) is 25.4 Å². The van der Waals surface area contributed by atoms with Crippen LogP contribution in [0.5, 0.6) is 11.5 Å². The van der Waals surface area contributed by atoms with Gasteiger partial charge in [0.05, 0.1) is 7.11 Å². The minimum atomic E-state index is -0.0491. The smallest absolute Gasteiger partial charge is 0.260 e. The number of pyridine rings is 1. The van der Waals surface area contributed by atoms with E-state index in [2.05, 4.69) is 25.2 Å². The Kier molecular flexibility index (Phi) is 6.64. The highest BCUT2D eigenvalue weighted by Crippen LogP contribution is 2.26. The number of piperazine rings is 1. The van der Waals surface area contributed by atoms with Gasteiger partial charge in [-0.3, -0.25) is 4.79 Å². The van der Waals surface area contributed by atoms with Crippen LogP contribution in [0.15, 0.2) is 54.7 Å². The van der Waals surface area contributed by atoms with Crippen molar-refractivity contribution in [1.29, 1.82) is 0 Å². The lowest BCUT2D eigenvalue weighted by Crippen LogP contribution is -2.50. The van der Waals surface area contributed by atoms with Crippen molar-refractivity contribution >= 4 is 23.4 Å². The van der Waals surface area contributed by atoms with Crippen LogP contribution in [0.2, 0.25) is 0 Å². The van der Waals surface area contributed by atoms with Gasteiger partial charge < -0.3 is 24.6 Å². The normalized spacial score (nSPS) is 13.6. The molecule has 0 atom stereocenters. The number of carbonyl (C=O) groups is 1. The number of amides is 1. The molecule has 1 aromatic carbocycles. The molecule has 0 bridgehead atoms. The molecular weight excluding hydrogens is 408 g/mol. The van der Waals surface area contributed by atoms with Gasteiger partial charge in [-0.25, -0.2) is 15.0 Å². The Balaban J connectivity index is 1.33. The van der Waals surface area contributed by atoms with Crippen LogP contribution in [0.4, 0.5) is 17.5 Å². The number of aromatic nitrogens is 3. The number of aryl methyl sites for hydroxylation is 1. The van der Waals surface area contributed by atoms with Crippen LogP contribution in [-0.2, 0) is 4.79 Å². The monoisotopic (exact) mass is 434 g/mol. The van der Waals surface area contributed by atoms with E-state index in [0.29, 0.717) is 49.3 Å². The summed E-state index contributed by atoms with van der Waals surface area (Å²) in [4.78, 5) is 29.9. The zero-order valence-electron chi connectivity index (χ0n) is 18.2. The van der Waals surface area contributed by atoms with E-state index in [4.69, 9.17) is 9.47 Å². The molecule has 9 nitrogen and oxygen atoms in total. The first-order valence-electron chi connectivity index (χ1n) is 10.4. The van der Waals surface area contributed by atoms with E-state index in [9.17, 15) is 4.79 Å². The third kappa shape index (κ3) is 5.23. The number of para-hydroxylation sites is 2. The maximum absolute atomic E-state index is 12.6. The van der Waals surface area contributed by atoms with Crippen LogP contribution < -0.4 is 19.7 Å². The summed E-state index contributed by atoms with van der Waals surface area (Å²) in [5, 5.41) is 3.21. The number of rotatable bonds is 7. The quantitative estimate of drug-likeness (QED) is 0.607. The minimum absolute atomic E-state index is 0.0227. The van der Waals surface area contributed by atoms with Gasteiger partial charge in [0.15, 0.2) is 18.1 Å². The van der Waals surface area contributed by atoms with Gasteiger partial charge in [0, 0.05) is 38.4 Å². The Labute approximate surface area is 187 Å². The number of ether oxygens (including phenoxy) is 2. The van der Waals surface area contributed by atoms with Gasteiger partial charge in [-0.15, -0.1) is 0 Å². The second-order valence-electron chi connectivity index (χ2n) is 7.31. The van der Waals surface area contributed by atoms with Crippen molar-refractivity contribution in [2.45, 2.75) is 6.92 Å². The van der Waals surface area contributed by atoms with E-state index < -0.39 is 0 Å². The highest BCUT2D eigenvalue weighted by molar-refractivity contribution is 5.78. The zero-order chi connectivity index (χ0) is 22.3. The molecule has 0 saturated carbocycles. The molecule has 1 aliphatic heterocycles. The fraction of sp³-hybridized carbons (Fsp3) is 0.304. The molecule has 3 aromatic rings. The van der Waals surface area contributed by atoms with E-state index in [0.717, 1.165) is 11.6 Å². The topological polar surface area (TPSA) is 92.7 Å². The number of nitrogens with zero attached hydrogens (tertiary/aromatic N) is 5. The Bertz CT molecular complexity index is 1050. The van der Waals surface area contributed by atoms with Gasteiger partial charge in [0.1, 0.15) is 23.3 Å². The molecule has 4 rings (SSSR count). The molecule has 1 aliphatic rings. The molecule has 0 spiro atoms. The highest BCUT2D eigenvalue weighted by atomic mass is 16.5. The second kappa shape index (κ2) is 9.95. The Morgan fingerprint density at radius 1 is 1.00 bits per heavy atom. The third-order valence-corrected chi connectivity index (χ3v) is 5.12. The fourth-order valence-corrected chi connectivity index (χ4v) is 3.50. The van der Waals surface area contributed by atoms with E-state index in [1.165, 1.54) is 0 Å². The summed E-state index contributed by atoms with van der Waals surface area (Å²) in [7, 11) is 1.58. The molecule has 0 unspecified atom stereocenters. The van der Waals surface area contributed by atoms with Crippen LogP contribution >= 0.6 is 0 Å².